The Morgan fingerprint density at radius 3 is 2.44 bits per heavy atom. The van der Waals surface area contributed by atoms with Crippen LogP contribution in [-0.4, -0.2) is 26.1 Å². The molecule has 0 spiro atoms. The first-order valence-electron chi connectivity index (χ1n) is 10.0. The van der Waals surface area contributed by atoms with Gasteiger partial charge in [0.15, 0.2) is 4.32 Å². The van der Waals surface area contributed by atoms with Crippen LogP contribution in [0.15, 0.2) is 83.8 Å². The molecule has 0 atom stereocenters. The van der Waals surface area contributed by atoms with Crippen LogP contribution in [0.1, 0.15) is 21.5 Å². The van der Waals surface area contributed by atoms with Crippen molar-refractivity contribution in [3.05, 3.63) is 111 Å². The number of thiocarbonyl (C=S) groups is 1. The largest absolute Gasteiger partial charge is 0.488 e. The summed E-state index contributed by atoms with van der Waals surface area (Å²) in [5.74, 6) is -0.353. The summed E-state index contributed by atoms with van der Waals surface area (Å²) in [4.78, 5) is 36.0. The van der Waals surface area contributed by atoms with E-state index in [1.807, 2.05) is 6.07 Å². The third kappa shape index (κ3) is 5.30. The number of rotatable bonds is 7. The Kier molecular flexibility index (Phi) is 7.00. The van der Waals surface area contributed by atoms with Crippen LogP contribution >= 0.6 is 24.0 Å². The van der Waals surface area contributed by atoms with Crippen LogP contribution in [0.2, 0.25) is 0 Å². The number of hydrogen-bond acceptors (Lipinski definition) is 7. The number of non-ortho nitro benzene ring substituents is 1. The summed E-state index contributed by atoms with van der Waals surface area (Å²) in [5, 5.41) is 11.9. The van der Waals surface area contributed by atoms with Crippen LogP contribution < -0.4 is 10.2 Å². The highest BCUT2D eigenvalue weighted by atomic mass is 32.2. The number of benzene rings is 3. The van der Waals surface area contributed by atoms with Crippen molar-refractivity contribution in [2.75, 3.05) is 0 Å². The average molecular weight is 492 g/mol. The second-order valence-electron chi connectivity index (χ2n) is 7.07. The van der Waals surface area contributed by atoms with E-state index in [0.717, 1.165) is 22.3 Å². The summed E-state index contributed by atoms with van der Waals surface area (Å²) in [5.41, 5.74) is 4.37. The third-order valence-corrected chi connectivity index (χ3v) is 6.09. The highest BCUT2D eigenvalue weighted by Gasteiger charge is 2.34. The molecule has 1 saturated heterocycles. The van der Waals surface area contributed by atoms with Crippen LogP contribution in [0.4, 0.5) is 5.69 Å². The molecule has 0 radical (unpaired) electrons. The van der Waals surface area contributed by atoms with Crippen molar-refractivity contribution in [3.63, 3.8) is 0 Å². The van der Waals surface area contributed by atoms with Gasteiger partial charge in [-0.15, -0.1) is 0 Å². The quantitative estimate of drug-likeness (QED) is 0.221. The van der Waals surface area contributed by atoms with E-state index in [9.17, 15) is 19.7 Å². The number of para-hydroxylation sites is 1. The molecule has 0 bridgehead atoms. The lowest BCUT2D eigenvalue weighted by atomic mass is 10.1. The lowest BCUT2D eigenvalue weighted by Gasteiger charge is -2.15. The topological polar surface area (TPSA) is 102 Å². The van der Waals surface area contributed by atoms with Crippen LogP contribution in [-0.2, 0) is 11.4 Å². The summed E-state index contributed by atoms with van der Waals surface area (Å²) in [7, 11) is 0. The fourth-order valence-corrected chi connectivity index (χ4v) is 4.24. The SMILES string of the molecule is O=C(NN1C(=O)/C(=C/c2ccccc2OCc2ccc([N+](=O)[O-])cc2)SC1=S)c1ccccc1. The molecule has 0 unspecified atom stereocenters. The molecular formula is C24H17N3O5S2. The number of ether oxygens (including phenoxy) is 1. The molecule has 1 fully saturated rings. The van der Waals surface area contributed by atoms with Gasteiger partial charge in [-0.2, -0.15) is 5.01 Å². The smallest absolute Gasteiger partial charge is 0.285 e. The fraction of sp³-hybridized carbons (Fsp3) is 0.0417. The van der Waals surface area contributed by atoms with Gasteiger partial charge in [-0.1, -0.05) is 48.2 Å². The Hall–Kier alpha value is -4.02. The minimum Gasteiger partial charge on any atom is -0.488 e. The predicted molar refractivity (Wildman–Crippen MR) is 133 cm³/mol. The van der Waals surface area contributed by atoms with Gasteiger partial charge >= 0.3 is 0 Å². The molecule has 0 saturated carbocycles. The first-order valence-corrected chi connectivity index (χ1v) is 11.2. The van der Waals surface area contributed by atoms with Gasteiger partial charge in [0.25, 0.3) is 17.5 Å². The molecule has 34 heavy (non-hydrogen) atoms. The number of thioether (sulfide) groups is 1. The van der Waals surface area contributed by atoms with E-state index in [1.165, 1.54) is 12.1 Å². The van der Waals surface area contributed by atoms with Gasteiger partial charge in [0, 0.05) is 23.3 Å². The van der Waals surface area contributed by atoms with Gasteiger partial charge < -0.3 is 4.74 Å². The Morgan fingerprint density at radius 2 is 1.74 bits per heavy atom. The number of nitro benzene ring substituents is 1. The molecule has 1 heterocycles. The second kappa shape index (κ2) is 10.3. The number of nitrogens with one attached hydrogen (secondary N) is 1. The molecule has 1 aliphatic rings. The maximum atomic E-state index is 12.9. The highest BCUT2D eigenvalue weighted by molar-refractivity contribution is 8.26. The number of amides is 2. The number of hydrogen-bond donors (Lipinski definition) is 1. The number of nitrogens with zero attached hydrogens (tertiary/aromatic N) is 2. The standard InChI is InChI=1S/C24H17N3O5S2/c28-22(17-6-2-1-3-7-17)25-26-23(29)21(34-24(26)33)14-18-8-4-5-9-20(18)32-15-16-10-12-19(13-11-16)27(30)31/h1-14H,15H2,(H,25,28)/b21-14-. The summed E-state index contributed by atoms with van der Waals surface area (Å²) < 4.78 is 6.11. The van der Waals surface area contributed by atoms with Crippen LogP contribution in [0.5, 0.6) is 5.75 Å². The molecule has 4 rings (SSSR count). The molecule has 0 aliphatic carbocycles. The molecule has 3 aromatic carbocycles. The molecule has 1 N–H and O–H groups in total. The van der Waals surface area contributed by atoms with Crippen molar-refractivity contribution >= 4 is 51.9 Å². The highest BCUT2D eigenvalue weighted by Crippen LogP contribution is 2.33. The number of hydrazine groups is 1. The normalized spacial score (nSPS) is 14.4. The maximum absolute atomic E-state index is 12.9. The van der Waals surface area contributed by atoms with E-state index in [-0.39, 0.29) is 16.6 Å². The Labute approximate surface area is 204 Å². The average Bonchev–Trinajstić information content (AvgIpc) is 3.11. The van der Waals surface area contributed by atoms with Crippen LogP contribution in [0.3, 0.4) is 0 Å². The molecule has 1 aliphatic heterocycles. The molecule has 2 amide bonds. The van der Waals surface area contributed by atoms with E-state index in [0.29, 0.717) is 21.8 Å². The third-order valence-electron chi connectivity index (χ3n) is 4.79. The zero-order valence-corrected chi connectivity index (χ0v) is 19.2. The monoisotopic (exact) mass is 491 g/mol. The number of nitro groups is 1. The fourth-order valence-electron chi connectivity index (χ4n) is 3.07. The van der Waals surface area contributed by atoms with Crippen LogP contribution in [0.25, 0.3) is 6.08 Å². The van der Waals surface area contributed by atoms with Gasteiger partial charge in [-0.05, 0) is 54.2 Å². The van der Waals surface area contributed by atoms with Crippen molar-refractivity contribution in [2.24, 2.45) is 0 Å². The Balaban J connectivity index is 1.47. The zero-order chi connectivity index (χ0) is 24.1. The van der Waals surface area contributed by atoms with Crippen molar-refractivity contribution in [3.8, 4) is 5.75 Å². The van der Waals surface area contributed by atoms with Crippen molar-refractivity contribution < 1.29 is 19.2 Å². The van der Waals surface area contributed by atoms with Crippen molar-refractivity contribution in [1.82, 2.24) is 10.4 Å². The van der Waals surface area contributed by atoms with E-state index in [1.54, 1.807) is 66.7 Å². The van der Waals surface area contributed by atoms with Gasteiger partial charge in [0.05, 0.1) is 9.83 Å². The second-order valence-corrected chi connectivity index (χ2v) is 8.75. The minimum atomic E-state index is -0.460. The molecule has 8 nitrogen and oxygen atoms in total. The van der Waals surface area contributed by atoms with Crippen molar-refractivity contribution in [1.29, 1.82) is 0 Å². The summed E-state index contributed by atoms with van der Waals surface area (Å²) in [6, 6.07) is 21.8. The van der Waals surface area contributed by atoms with Gasteiger partial charge in [-0.25, -0.2) is 0 Å². The Bertz CT molecular complexity index is 1290. The Morgan fingerprint density at radius 1 is 1.06 bits per heavy atom. The first-order chi connectivity index (χ1) is 16.4. The minimum absolute atomic E-state index is 0.00512. The molecular weight excluding hydrogens is 474 g/mol. The van der Waals surface area contributed by atoms with E-state index < -0.39 is 16.7 Å². The van der Waals surface area contributed by atoms with Gasteiger partial charge in [-0.3, -0.25) is 25.1 Å². The summed E-state index contributed by atoms with van der Waals surface area (Å²) in [6.45, 7) is 0.191. The lowest BCUT2D eigenvalue weighted by Crippen LogP contribution is -2.44. The van der Waals surface area contributed by atoms with Gasteiger partial charge in [0.2, 0.25) is 0 Å². The maximum Gasteiger partial charge on any atom is 0.285 e. The van der Waals surface area contributed by atoms with Crippen molar-refractivity contribution in [2.45, 2.75) is 6.61 Å². The summed E-state index contributed by atoms with van der Waals surface area (Å²) in [6.07, 6.45) is 1.65. The van der Waals surface area contributed by atoms with E-state index in [4.69, 9.17) is 17.0 Å². The lowest BCUT2D eigenvalue weighted by molar-refractivity contribution is -0.384. The van der Waals surface area contributed by atoms with Gasteiger partial charge in [0.1, 0.15) is 12.4 Å². The van der Waals surface area contributed by atoms with Crippen LogP contribution in [0, 0.1) is 10.1 Å². The summed E-state index contributed by atoms with van der Waals surface area (Å²) >= 11 is 6.37. The molecule has 3 aromatic rings. The zero-order valence-electron chi connectivity index (χ0n) is 17.5. The van der Waals surface area contributed by atoms with E-state index >= 15 is 0 Å². The molecule has 170 valence electrons. The number of carbonyl (C=O) groups is 2. The molecule has 0 aromatic heterocycles. The number of carbonyl (C=O) groups excluding carboxylic acids is 2. The molecule has 10 heteroatoms. The predicted octanol–water partition coefficient (Wildman–Crippen LogP) is 4.72. The van der Waals surface area contributed by atoms with E-state index in [2.05, 4.69) is 5.43 Å². The first kappa shape index (κ1) is 23.1.